The second-order valence-corrected chi connectivity index (χ2v) is 7.84. The van der Waals surface area contributed by atoms with Gasteiger partial charge >= 0.3 is 0 Å². The van der Waals surface area contributed by atoms with Crippen molar-refractivity contribution >= 4 is 22.0 Å². The predicted octanol–water partition coefficient (Wildman–Crippen LogP) is 7.22. The van der Waals surface area contributed by atoms with Gasteiger partial charge in [-0.2, -0.15) is 0 Å². The summed E-state index contributed by atoms with van der Waals surface area (Å²) in [5.41, 5.74) is 12.9. The Balaban J connectivity index is 1.64. The van der Waals surface area contributed by atoms with Gasteiger partial charge in [-0.1, -0.05) is 36.9 Å². The van der Waals surface area contributed by atoms with Crippen LogP contribution in [0.2, 0.25) is 0 Å². The summed E-state index contributed by atoms with van der Waals surface area (Å²) in [7, 11) is 0. The van der Waals surface area contributed by atoms with Crippen LogP contribution in [0.25, 0.3) is 22.0 Å². The van der Waals surface area contributed by atoms with Crippen molar-refractivity contribution < 1.29 is 0 Å². The van der Waals surface area contributed by atoms with E-state index in [4.69, 9.17) is 0 Å². The number of allylic oxidation sites excluding steroid dienone is 5. The zero-order valence-corrected chi connectivity index (χ0v) is 16.7. The molecule has 0 saturated heterocycles. The van der Waals surface area contributed by atoms with Gasteiger partial charge in [-0.15, -0.1) is 0 Å². The number of aryl methyl sites for hydroxylation is 4. The van der Waals surface area contributed by atoms with Crippen LogP contribution in [-0.4, -0.2) is 4.98 Å². The van der Waals surface area contributed by atoms with Crippen LogP contribution < -0.4 is 0 Å². The van der Waals surface area contributed by atoms with Gasteiger partial charge in [0.25, 0.3) is 0 Å². The van der Waals surface area contributed by atoms with Gasteiger partial charge in [0.1, 0.15) is 0 Å². The minimum atomic E-state index is 0.894. The number of aromatic amines is 1. The molecule has 1 aliphatic rings. The maximum absolute atomic E-state index is 4.43. The third-order valence-electron chi connectivity index (χ3n) is 5.80. The number of hydrogen-bond donors (Lipinski definition) is 1. The number of nitrogens with one attached hydrogen (secondary N) is 1. The third-order valence-corrected chi connectivity index (χ3v) is 5.80. The Kier molecular flexibility index (Phi) is 4.39. The van der Waals surface area contributed by atoms with Gasteiger partial charge in [0.2, 0.25) is 0 Å². The summed E-state index contributed by atoms with van der Waals surface area (Å²) in [5.74, 6) is 0. The number of rotatable bonds is 4. The zero-order chi connectivity index (χ0) is 19.1. The molecule has 0 aliphatic heterocycles. The van der Waals surface area contributed by atoms with Crippen molar-refractivity contribution in [1.82, 2.24) is 4.98 Å². The summed E-state index contributed by atoms with van der Waals surface area (Å²) in [5, 5.41) is 1.29. The van der Waals surface area contributed by atoms with E-state index in [9.17, 15) is 0 Å². The van der Waals surface area contributed by atoms with E-state index in [-0.39, 0.29) is 0 Å². The molecule has 0 bridgehead atoms. The van der Waals surface area contributed by atoms with E-state index in [1.54, 1.807) is 0 Å². The molecule has 0 amide bonds. The third kappa shape index (κ3) is 3.19. The molecule has 4 rings (SSSR count). The van der Waals surface area contributed by atoms with Crippen molar-refractivity contribution in [2.75, 3.05) is 0 Å². The van der Waals surface area contributed by atoms with Gasteiger partial charge in [-0.25, -0.2) is 0 Å². The molecule has 1 N–H and O–H groups in total. The van der Waals surface area contributed by atoms with Crippen LogP contribution in [0.1, 0.15) is 46.4 Å². The standard InChI is InChI=1S/C26H27N/c1-16-8-6-9-17(2)26(16)20(5)13-21-10-7-11-23(21)25-15-22-12-18(3)19(4)14-24(22)27-25/h6,8-12,14-15,27H,5,7,13H2,1-4H3. The molecule has 0 fully saturated rings. The Morgan fingerprint density at radius 2 is 1.63 bits per heavy atom. The molecule has 1 aromatic heterocycles. The highest BCUT2D eigenvalue weighted by Gasteiger charge is 2.17. The molecular weight excluding hydrogens is 326 g/mol. The van der Waals surface area contributed by atoms with Crippen LogP contribution in [0.15, 0.2) is 60.7 Å². The van der Waals surface area contributed by atoms with Gasteiger partial charge in [-0.05, 0) is 103 Å². The fraction of sp³-hybridized carbons (Fsp3) is 0.231. The molecule has 2 aromatic carbocycles. The fourth-order valence-corrected chi connectivity index (χ4v) is 4.25. The molecule has 1 heteroatoms. The smallest absolute Gasteiger partial charge is 0.0464 e. The average Bonchev–Trinajstić information content (AvgIpc) is 3.21. The van der Waals surface area contributed by atoms with E-state index in [1.165, 1.54) is 61.1 Å². The lowest BCUT2D eigenvalue weighted by atomic mass is 9.90. The molecule has 1 heterocycles. The lowest BCUT2D eigenvalue weighted by Gasteiger charge is -2.15. The summed E-state index contributed by atoms with van der Waals surface area (Å²) >= 11 is 0. The molecule has 3 aromatic rings. The van der Waals surface area contributed by atoms with Crippen molar-refractivity contribution in [3.8, 4) is 0 Å². The summed E-state index contributed by atoms with van der Waals surface area (Å²) in [6, 6.07) is 13.3. The summed E-state index contributed by atoms with van der Waals surface area (Å²) in [6.07, 6.45) is 6.57. The molecule has 0 atom stereocenters. The van der Waals surface area contributed by atoms with Crippen LogP contribution in [-0.2, 0) is 0 Å². The largest absolute Gasteiger partial charge is 0.355 e. The first kappa shape index (κ1) is 17.6. The van der Waals surface area contributed by atoms with E-state index in [1.807, 2.05) is 0 Å². The Morgan fingerprint density at radius 3 is 2.37 bits per heavy atom. The van der Waals surface area contributed by atoms with E-state index < -0.39 is 0 Å². The molecule has 1 aliphatic carbocycles. The van der Waals surface area contributed by atoms with E-state index in [0.29, 0.717) is 0 Å². The second kappa shape index (κ2) is 6.74. The summed E-state index contributed by atoms with van der Waals surface area (Å²) in [6.45, 7) is 13.1. The maximum atomic E-state index is 4.43. The summed E-state index contributed by atoms with van der Waals surface area (Å²) < 4.78 is 0. The number of hydrogen-bond acceptors (Lipinski definition) is 0. The SMILES string of the molecule is C=C(CC1=CCC=C1c1cc2cc(C)c(C)cc2[nH]1)c1c(C)cccc1C. The Morgan fingerprint density at radius 1 is 0.926 bits per heavy atom. The van der Waals surface area contributed by atoms with Crippen molar-refractivity contribution in [2.45, 2.75) is 40.5 Å². The first-order chi connectivity index (χ1) is 12.9. The molecule has 0 saturated carbocycles. The number of fused-ring (bicyclic) bond motifs is 1. The predicted molar refractivity (Wildman–Crippen MR) is 118 cm³/mol. The molecule has 27 heavy (non-hydrogen) atoms. The van der Waals surface area contributed by atoms with Crippen molar-refractivity contribution in [3.63, 3.8) is 0 Å². The topological polar surface area (TPSA) is 15.8 Å². The van der Waals surface area contributed by atoms with E-state index in [2.05, 4.69) is 87.8 Å². The fourth-order valence-electron chi connectivity index (χ4n) is 4.25. The van der Waals surface area contributed by atoms with E-state index >= 15 is 0 Å². The van der Waals surface area contributed by atoms with Crippen molar-refractivity contribution in [3.05, 3.63) is 94.2 Å². The Hall–Kier alpha value is -2.80. The molecule has 0 spiro atoms. The first-order valence-electron chi connectivity index (χ1n) is 9.68. The highest BCUT2D eigenvalue weighted by atomic mass is 14.7. The number of aromatic nitrogens is 1. The molecule has 1 nitrogen and oxygen atoms in total. The molecule has 0 unspecified atom stereocenters. The zero-order valence-electron chi connectivity index (χ0n) is 16.7. The first-order valence-corrected chi connectivity index (χ1v) is 9.68. The monoisotopic (exact) mass is 353 g/mol. The number of H-pyrrole nitrogens is 1. The van der Waals surface area contributed by atoms with Gasteiger partial charge in [0.15, 0.2) is 0 Å². The Bertz CT molecular complexity index is 1060. The highest BCUT2D eigenvalue weighted by molar-refractivity contribution is 5.91. The minimum Gasteiger partial charge on any atom is -0.355 e. The normalized spacial score (nSPS) is 13.8. The Labute approximate surface area is 162 Å². The van der Waals surface area contributed by atoms with Crippen LogP contribution >= 0.6 is 0 Å². The number of benzene rings is 2. The van der Waals surface area contributed by atoms with Gasteiger partial charge in [-0.3, -0.25) is 0 Å². The van der Waals surface area contributed by atoms with Gasteiger partial charge in [0, 0.05) is 16.6 Å². The van der Waals surface area contributed by atoms with Gasteiger partial charge in [0.05, 0.1) is 0 Å². The minimum absolute atomic E-state index is 0.894. The van der Waals surface area contributed by atoms with Crippen LogP contribution in [0, 0.1) is 27.7 Å². The van der Waals surface area contributed by atoms with Gasteiger partial charge < -0.3 is 4.98 Å². The lowest BCUT2D eigenvalue weighted by Crippen LogP contribution is -1.95. The quantitative estimate of drug-likeness (QED) is 0.509. The van der Waals surface area contributed by atoms with Crippen molar-refractivity contribution in [2.24, 2.45) is 0 Å². The molecule has 136 valence electrons. The van der Waals surface area contributed by atoms with Crippen molar-refractivity contribution in [1.29, 1.82) is 0 Å². The van der Waals surface area contributed by atoms with E-state index in [0.717, 1.165) is 12.8 Å². The maximum Gasteiger partial charge on any atom is 0.0464 e. The summed E-state index contributed by atoms with van der Waals surface area (Å²) in [4.78, 5) is 3.63. The second-order valence-electron chi connectivity index (χ2n) is 7.84. The average molecular weight is 354 g/mol. The lowest BCUT2D eigenvalue weighted by molar-refractivity contribution is 1.24. The van der Waals surface area contributed by atoms with Crippen LogP contribution in [0.4, 0.5) is 0 Å². The van der Waals surface area contributed by atoms with Crippen LogP contribution in [0.5, 0.6) is 0 Å². The van der Waals surface area contributed by atoms with Crippen LogP contribution in [0.3, 0.4) is 0 Å². The molecule has 0 radical (unpaired) electrons. The highest BCUT2D eigenvalue weighted by Crippen LogP contribution is 2.37. The molecular formula is C26H27N.